The van der Waals surface area contributed by atoms with Crippen molar-refractivity contribution in [2.75, 3.05) is 13.2 Å². The number of aromatic nitrogens is 2. The summed E-state index contributed by atoms with van der Waals surface area (Å²) in [5.74, 6) is 0. The van der Waals surface area contributed by atoms with Crippen LogP contribution in [0.1, 0.15) is 57.6 Å². The lowest BCUT2D eigenvalue weighted by atomic mass is 9.74. The molecule has 2 rings (SSSR count). The smallest absolute Gasteiger partial charge is 0.0534 e. The molecule has 0 aliphatic heterocycles. The zero-order valence-electron chi connectivity index (χ0n) is 12.2. The molecule has 0 amide bonds. The standard InChI is InChI=1S/C15H27N3O/c1-13(2)18-10-14(9-17-18)8-16-11-15(12-19)6-4-3-5-7-15/h9-10,13,16,19H,3-8,11-12H2,1-2H3. The third-order valence-corrected chi connectivity index (χ3v) is 4.26. The predicted octanol–water partition coefficient (Wildman–Crippen LogP) is 2.50. The van der Waals surface area contributed by atoms with E-state index in [1.807, 2.05) is 10.9 Å². The Hall–Kier alpha value is -0.870. The molecular formula is C15H27N3O. The van der Waals surface area contributed by atoms with Crippen molar-refractivity contribution in [2.24, 2.45) is 5.41 Å². The molecule has 0 spiro atoms. The molecule has 0 unspecified atom stereocenters. The molecule has 0 radical (unpaired) electrons. The topological polar surface area (TPSA) is 50.1 Å². The fourth-order valence-electron chi connectivity index (χ4n) is 2.92. The Morgan fingerprint density at radius 1 is 1.37 bits per heavy atom. The minimum absolute atomic E-state index is 0.117. The largest absolute Gasteiger partial charge is 0.396 e. The highest BCUT2D eigenvalue weighted by Crippen LogP contribution is 2.35. The van der Waals surface area contributed by atoms with Gasteiger partial charge in [0.05, 0.1) is 6.20 Å². The van der Waals surface area contributed by atoms with Crippen LogP contribution in [0.25, 0.3) is 0 Å². The van der Waals surface area contributed by atoms with Crippen molar-refractivity contribution < 1.29 is 5.11 Å². The van der Waals surface area contributed by atoms with Gasteiger partial charge in [0.2, 0.25) is 0 Å². The predicted molar refractivity (Wildman–Crippen MR) is 76.9 cm³/mol. The van der Waals surface area contributed by atoms with Gasteiger partial charge in [0.15, 0.2) is 0 Å². The molecule has 1 fully saturated rings. The second kappa shape index (κ2) is 6.53. The van der Waals surface area contributed by atoms with Crippen LogP contribution < -0.4 is 5.32 Å². The molecule has 1 aromatic rings. The van der Waals surface area contributed by atoms with Crippen molar-refractivity contribution in [1.82, 2.24) is 15.1 Å². The van der Waals surface area contributed by atoms with Gasteiger partial charge in [-0.25, -0.2) is 0 Å². The van der Waals surface area contributed by atoms with E-state index in [1.165, 1.54) is 24.8 Å². The maximum absolute atomic E-state index is 9.66. The first-order chi connectivity index (χ1) is 9.15. The van der Waals surface area contributed by atoms with Crippen LogP contribution in [0.5, 0.6) is 0 Å². The van der Waals surface area contributed by atoms with Crippen LogP contribution in [-0.2, 0) is 6.54 Å². The second-order valence-electron chi connectivity index (χ2n) is 6.24. The highest BCUT2D eigenvalue weighted by atomic mass is 16.3. The molecule has 0 saturated heterocycles. The maximum atomic E-state index is 9.66. The van der Waals surface area contributed by atoms with Gasteiger partial charge in [0.25, 0.3) is 0 Å². The van der Waals surface area contributed by atoms with Crippen LogP contribution in [0.3, 0.4) is 0 Å². The lowest BCUT2D eigenvalue weighted by Gasteiger charge is -2.35. The number of aliphatic hydroxyl groups excluding tert-OH is 1. The summed E-state index contributed by atoms with van der Waals surface area (Å²) in [5, 5.41) is 17.5. The number of nitrogens with zero attached hydrogens (tertiary/aromatic N) is 2. The molecule has 1 aliphatic carbocycles. The lowest BCUT2D eigenvalue weighted by molar-refractivity contribution is 0.0810. The van der Waals surface area contributed by atoms with E-state index >= 15 is 0 Å². The van der Waals surface area contributed by atoms with Crippen molar-refractivity contribution in [3.63, 3.8) is 0 Å². The van der Waals surface area contributed by atoms with E-state index in [-0.39, 0.29) is 5.41 Å². The highest BCUT2D eigenvalue weighted by molar-refractivity contribution is 5.04. The van der Waals surface area contributed by atoms with E-state index in [2.05, 4.69) is 30.5 Å². The Labute approximate surface area is 116 Å². The molecule has 1 aliphatic rings. The van der Waals surface area contributed by atoms with Gasteiger partial charge in [-0.3, -0.25) is 4.68 Å². The van der Waals surface area contributed by atoms with Crippen LogP contribution in [0.15, 0.2) is 12.4 Å². The Balaban J connectivity index is 1.81. The number of nitrogens with one attached hydrogen (secondary N) is 1. The number of aliphatic hydroxyl groups is 1. The summed E-state index contributed by atoms with van der Waals surface area (Å²) in [6.45, 7) is 6.33. The summed E-state index contributed by atoms with van der Waals surface area (Å²) in [6.07, 6.45) is 10.2. The van der Waals surface area contributed by atoms with Crippen molar-refractivity contribution in [3.8, 4) is 0 Å². The number of hydrogen-bond donors (Lipinski definition) is 2. The molecule has 1 heterocycles. The number of hydrogen-bond acceptors (Lipinski definition) is 3. The average molecular weight is 265 g/mol. The van der Waals surface area contributed by atoms with Crippen molar-refractivity contribution in [2.45, 2.75) is 58.5 Å². The van der Waals surface area contributed by atoms with E-state index < -0.39 is 0 Å². The second-order valence-corrected chi connectivity index (χ2v) is 6.24. The van der Waals surface area contributed by atoms with Crippen molar-refractivity contribution >= 4 is 0 Å². The summed E-state index contributed by atoms with van der Waals surface area (Å²) < 4.78 is 1.99. The molecule has 108 valence electrons. The van der Waals surface area contributed by atoms with Gasteiger partial charge in [-0.2, -0.15) is 5.10 Å². The van der Waals surface area contributed by atoms with Crippen LogP contribution in [-0.4, -0.2) is 28.0 Å². The summed E-state index contributed by atoms with van der Waals surface area (Å²) in [6, 6.07) is 0.413. The van der Waals surface area contributed by atoms with Crippen LogP contribution in [0.4, 0.5) is 0 Å². The fourth-order valence-corrected chi connectivity index (χ4v) is 2.92. The SMILES string of the molecule is CC(C)n1cc(CNCC2(CO)CCCCC2)cn1. The molecule has 4 heteroatoms. The van der Waals surface area contributed by atoms with Crippen LogP contribution in [0, 0.1) is 5.41 Å². The Morgan fingerprint density at radius 2 is 2.11 bits per heavy atom. The van der Waals surface area contributed by atoms with E-state index in [0.29, 0.717) is 12.6 Å². The third kappa shape index (κ3) is 3.80. The average Bonchev–Trinajstić information content (AvgIpc) is 2.89. The monoisotopic (exact) mass is 265 g/mol. The van der Waals surface area contributed by atoms with Gasteiger partial charge >= 0.3 is 0 Å². The van der Waals surface area contributed by atoms with E-state index in [9.17, 15) is 5.11 Å². The molecule has 0 aromatic carbocycles. The van der Waals surface area contributed by atoms with Gasteiger partial charge in [0.1, 0.15) is 0 Å². The third-order valence-electron chi connectivity index (χ3n) is 4.26. The number of rotatable bonds is 6. The molecule has 2 N–H and O–H groups in total. The normalized spacial score (nSPS) is 18.9. The van der Waals surface area contributed by atoms with Crippen LogP contribution >= 0.6 is 0 Å². The zero-order valence-corrected chi connectivity index (χ0v) is 12.2. The molecule has 0 atom stereocenters. The quantitative estimate of drug-likeness (QED) is 0.831. The minimum atomic E-state index is 0.117. The Kier molecular flexibility index (Phi) is 4.99. The van der Waals surface area contributed by atoms with E-state index in [4.69, 9.17) is 0 Å². The highest BCUT2D eigenvalue weighted by Gasteiger charge is 2.30. The molecule has 1 aromatic heterocycles. The van der Waals surface area contributed by atoms with E-state index in [1.54, 1.807) is 0 Å². The fraction of sp³-hybridized carbons (Fsp3) is 0.800. The summed E-state index contributed by atoms with van der Waals surface area (Å²) in [4.78, 5) is 0. The summed E-state index contributed by atoms with van der Waals surface area (Å²) >= 11 is 0. The van der Waals surface area contributed by atoms with Gasteiger partial charge in [-0.1, -0.05) is 19.3 Å². The summed E-state index contributed by atoms with van der Waals surface area (Å²) in [7, 11) is 0. The summed E-state index contributed by atoms with van der Waals surface area (Å²) in [5.41, 5.74) is 1.34. The first-order valence-corrected chi connectivity index (χ1v) is 7.50. The molecule has 19 heavy (non-hydrogen) atoms. The molecular weight excluding hydrogens is 238 g/mol. The van der Waals surface area contributed by atoms with Crippen molar-refractivity contribution in [1.29, 1.82) is 0 Å². The van der Waals surface area contributed by atoms with Crippen LogP contribution in [0.2, 0.25) is 0 Å². The minimum Gasteiger partial charge on any atom is -0.396 e. The van der Waals surface area contributed by atoms with Gasteiger partial charge in [-0.15, -0.1) is 0 Å². The Bertz CT molecular complexity index is 380. The lowest BCUT2D eigenvalue weighted by Crippen LogP contribution is -2.38. The zero-order chi connectivity index (χ0) is 13.7. The molecule has 1 saturated carbocycles. The Morgan fingerprint density at radius 3 is 2.68 bits per heavy atom. The first kappa shape index (κ1) is 14.5. The maximum Gasteiger partial charge on any atom is 0.0534 e. The van der Waals surface area contributed by atoms with Gasteiger partial charge < -0.3 is 10.4 Å². The molecule has 4 nitrogen and oxygen atoms in total. The first-order valence-electron chi connectivity index (χ1n) is 7.50. The van der Waals surface area contributed by atoms with Gasteiger partial charge in [0, 0.05) is 42.9 Å². The molecule has 0 bridgehead atoms. The van der Waals surface area contributed by atoms with Gasteiger partial charge in [-0.05, 0) is 26.7 Å². The van der Waals surface area contributed by atoms with Crippen molar-refractivity contribution in [3.05, 3.63) is 18.0 Å². The van der Waals surface area contributed by atoms with E-state index in [0.717, 1.165) is 25.9 Å².